The standard InChI is InChI=1S/C16H30/c1-12-4-6-15(7-5-12)11-16-9-13(2)8-14(3)10-16/h12-16H,4-11H2,1-3H3. The van der Waals surface area contributed by atoms with Crippen molar-refractivity contribution in [2.75, 3.05) is 0 Å². The van der Waals surface area contributed by atoms with Crippen molar-refractivity contribution in [2.45, 2.75) is 72.1 Å². The second-order valence-electron chi connectivity index (χ2n) is 7.15. The predicted molar refractivity (Wildman–Crippen MR) is 71.4 cm³/mol. The van der Waals surface area contributed by atoms with E-state index in [1.807, 2.05) is 0 Å². The monoisotopic (exact) mass is 222 g/mol. The van der Waals surface area contributed by atoms with E-state index in [4.69, 9.17) is 0 Å². The minimum Gasteiger partial charge on any atom is -0.0625 e. The van der Waals surface area contributed by atoms with Crippen LogP contribution in [0.3, 0.4) is 0 Å². The molecule has 0 aromatic rings. The number of rotatable bonds is 2. The molecule has 2 atom stereocenters. The van der Waals surface area contributed by atoms with E-state index < -0.39 is 0 Å². The van der Waals surface area contributed by atoms with Crippen LogP contribution in [0.15, 0.2) is 0 Å². The van der Waals surface area contributed by atoms with Crippen molar-refractivity contribution in [3.8, 4) is 0 Å². The summed E-state index contributed by atoms with van der Waals surface area (Å²) < 4.78 is 0. The molecule has 0 spiro atoms. The van der Waals surface area contributed by atoms with Crippen LogP contribution in [0.5, 0.6) is 0 Å². The molecule has 0 heterocycles. The van der Waals surface area contributed by atoms with Crippen LogP contribution >= 0.6 is 0 Å². The molecular formula is C16H30. The SMILES string of the molecule is CC1CCC(CC2CC(C)CC(C)C2)CC1. The molecule has 0 bridgehead atoms. The van der Waals surface area contributed by atoms with E-state index >= 15 is 0 Å². The number of hydrogen-bond donors (Lipinski definition) is 0. The van der Waals surface area contributed by atoms with Crippen LogP contribution in [0.25, 0.3) is 0 Å². The molecule has 0 radical (unpaired) electrons. The minimum atomic E-state index is 0.997. The summed E-state index contributed by atoms with van der Waals surface area (Å²) in [5.74, 6) is 5.16. The van der Waals surface area contributed by atoms with Crippen LogP contribution in [0.4, 0.5) is 0 Å². The maximum absolute atomic E-state index is 2.46. The molecule has 0 aliphatic heterocycles. The molecule has 2 rings (SSSR count). The maximum atomic E-state index is 2.46. The van der Waals surface area contributed by atoms with Crippen LogP contribution in [-0.4, -0.2) is 0 Å². The third kappa shape index (κ3) is 3.50. The summed E-state index contributed by atoms with van der Waals surface area (Å²) in [5.41, 5.74) is 0. The molecule has 16 heavy (non-hydrogen) atoms. The van der Waals surface area contributed by atoms with Gasteiger partial charge in [0.1, 0.15) is 0 Å². The Bertz CT molecular complexity index is 190. The van der Waals surface area contributed by atoms with Crippen molar-refractivity contribution >= 4 is 0 Å². The normalized spacial score (nSPS) is 45.6. The Labute approximate surface area is 102 Å². The molecule has 0 nitrogen and oxygen atoms in total. The zero-order chi connectivity index (χ0) is 11.5. The summed E-state index contributed by atoms with van der Waals surface area (Å²) in [6, 6.07) is 0. The minimum absolute atomic E-state index is 0.997. The Balaban J connectivity index is 1.76. The molecule has 0 amide bonds. The lowest BCUT2D eigenvalue weighted by atomic mass is 9.71. The summed E-state index contributed by atoms with van der Waals surface area (Å²) in [6.07, 6.45) is 12.2. The van der Waals surface area contributed by atoms with Gasteiger partial charge in [-0.2, -0.15) is 0 Å². The maximum Gasteiger partial charge on any atom is -0.0407 e. The first-order valence-electron chi connectivity index (χ1n) is 7.63. The zero-order valence-corrected chi connectivity index (χ0v) is 11.5. The molecule has 0 aromatic carbocycles. The molecule has 2 aliphatic rings. The Kier molecular flexibility index (Phi) is 4.33. The fourth-order valence-corrected chi connectivity index (χ4v) is 4.34. The van der Waals surface area contributed by atoms with E-state index in [0.29, 0.717) is 0 Å². The first kappa shape index (κ1) is 12.5. The quantitative estimate of drug-likeness (QED) is 0.596. The highest BCUT2D eigenvalue weighted by atomic mass is 14.3. The van der Waals surface area contributed by atoms with E-state index in [9.17, 15) is 0 Å². The van der Waals surface area contributed by atoms with Crippen LogP contribution < -0.4 is 0 Å². The van der Waals surface area contributed by atoms with Gasteiger partial charge in [0.15, 0.2) is 0 Å². The molecule has 0 heteroatoms. The van der Waals surface area contributed by atoms with E-state index in [-0.39, 0.29) is 0 Å². The largest absolute Gasteiger partial charge is 0.0625 e. The lowest BCUT2D eigenvalue weighted by Gasteiger charge is -2.35. The average molecular weight is 222 g/mol. The Hall–Kier alpha value is 0. The van der Waals surface area contributed by atoms with Gasteiger partial charge in [0.2, 0.25) is 0 Å². The molecule has 2 aliphatic carbocycles. The van der Waals surface area contributed by atoms with E-state index in [1.54, 1.807) is 6.42 Å². The highest BCUT2D eigenvalue weighted by Crippen LogP contribution is 2.40. The van der Waals surface area contributed by atoms with Gasteiger partial charge < -0.3 is 0 Å². The van der Waals surface area contributed by atoms with Crippen LogP contribution in [0.1, 0.15) is 72.1 Å². The van der Waals surface area contributed by atoms with E-state index in [1.165, 1.54) is 44.9 Å². The zero-order valence-electron chi connectivity index (χ0n) is 11.5. The van der Waals surface area contributed by atoms with Gasteiger partial charge in [-0.15, -0.1) is 0 Å². The topological polar surface area (TPSA) is 0 Å². The van der Waals surface area contributed by atoms with Crippen LogP contribution in [0, 0.1) is 29.6 Å². The summed E-state index contributed by atoms with van der Waals surface area (Å²) in [7, 11) is 0. The van der Waals surface area contributed by atoms with Gasteiger partial charge in [-0.25, -0.2) is 0 Å². The third-order valence-corrected chi connectivity index (χ3v) is 5.08. The number of hydrogen-bond acceptors (Lipinski definition) is 0. The summed E-state index contributed by atoms with van der Waals surface area (Å²) >= 11 is 0. The van der Waals surface area contributed by atoms with E-state index in [0.717, 1.165) is 29.6 Å². The van der Waals surface area contributed by atoms with Crippen molar-refractivity contribution in [1.29, 1.82) is 0 Å². The van der Waals surface area contributed by atoms with Crippen molar-refractivity contribution in [3.05, 3.63) is 0 Å². The molecule has 2 unspecified atom stereocenters. The molecule has 94 valence electrons. The smallest absolute Gasteiger partial charge is 0.0407 e. The lowest BCUT2D eigenvalue weighted by Crippen LogP contribution is -2.23. The van der Waals surface area contributed by atoms with Crippen LogP contribution in [-0.2, 0) is 0 Å². The second kappa shape index (κ2) is 5.56. The molecule has 0 N–H and O–H groups in total. The first-order chi connectivity index (χ1) is 7.63. The lowest BCUT2D eigenvalue weighted by molar-refractivity contribution is 0.165. The predicted octanol–water partition coefficient (Wildman–Crippen LogP) is 5.28. The first-order valence-corrected chi connectivity index (χ1v) is 7.63. The Morgan fingerprint density at radius 3 is 1.75 bits per heavy atom. The van der Waals surface area contributed by atoms with E-state index in [2.05, 4.69) is 20.8 Å². The van der Waals surface area contributed by atoms with Gasteiger partial charge in [0.25, 0.3) is 0 Å². The fourth-order valence-electron chi connectivity index (χ4n) is 4.34. The summed E-state index contributed by atoms with van der Waals surface area (Å²) in [5, 5.41) is 0. The van der Waals surface area contributed by atoms with Crippen molar-refractivity contribution in [3.63, 3.8) is 0 Å². The van der Waals surface area contributed by atoms with Gasteiger partial charge in [0, 0.05) is 0 Å². The van der Waals surface area contributed by atoms with Crippen molar-refractivity contribution < 1.29 is 0 Å². The fraction of sp³-hybridized carbons (Fsp3) is 1.00. The summed E-state index contributed by atoms with van der Waals surface area (Å²) in [6.45, 7) is 7.36. The van der Waals surface area contributed by atoms with Crippen LogP contribution in [0.2, 0.25) is 0 Å². The average Bonchev–Trinajstić information content (AvgIpc) is 2.20. The molecule has 0 aromatic heterocycles. The van der Waals surface area contributed by atoms with Gasteiger partial charge >= 0.3 is 0 Å². The second-order valence-corrected chi connectivity index (χ2v) is 7.15. The summed E-state index contributed by atoms with van der Waals surface area (Å²) in [4.78, 5) is 0. The van der Waals surface area contributed by atoms with Gasteiger partial charge in [-0.1, -0.05) is 46.5 Å². The van der Waals surface area contributed by atoms with Crippen molar-refractivity contribution in [1.82, 2.24) is 0 Å². The molecule has 2 fully saturated rings. The Morgan fingerprint density at radius 2 is 1.19 bits per heavy atom. The van der Waals surface area contributed by atoms with Gasteiger partial charge in [-0.05, 0) is 55.3 Å². The van der Waals surface area contributed by atoms with Crippen molar-refractivity contribution in [2.24, 2.45) is 29.6 Å². The molecular weight excluding hydrogens is 192 g/mol. The third-order valence-electron chi connectivity index (χ3n) is 5.08. The highest BCUT2D eigenvalue weighted by Gasteiger charge is 2.27. The molecule has 2 saturated carbocycles. The Morgan fingerprint density at radius 1 is 0.625 bits per heavy atom. The van der Waals surface area contributed by atoms with Gasteiger partial charge in [-0.3, -0.25) is 0 Å². The highest BCUT2D eigenvalue weighted by molar-refractivity contribution is 4.79. The van der Waals surface area contributed by atoms with Gasteiger partial charge in [0.05, 0.1) is 0 Å². The molecule has 0 saturated heterocycles.